The molecule has 3 amide bonds. The fraction of sp³-hybridized carbons (Fsp3) is 0.432. The Balaban J connectivity index is 0.872. The van der Waals surface area contributed by atoms with Gasteiger partial charge in [0.2, 0.25) is 11.8 Å². The van der Waals surface area contributed by atoms with Crippen LogP contribution in [0.25, 0.3) is 16.0 Å². The summed E-state index contributed by atoms with van der Waals surface area (Å²) in [4.78, 5) is 49.9. The molecule has 1 aliphatic carbocycles. The van der Waals surface area contributed by atoms with Crippen LogP contribution >= 0.6 is 0 Å². The molecule has 288 valence electrons. The lowest BCUT2D eigenvalue weighted by Crippen LogP contribution is -2.61. The number of nitrogens with one attached hydrogen (secondary N) is 1. The molecule has 0 spiro atoms. The number of halogens is 1. The zero-order valence-corrected chi connectivity index (χ0v) is 32.1. The van der Waals surface area contributed by atoms with Crippen molar-refractivity contribution in [2.45, 2.75) is 83.5 Å². The van der Waals surface area contributed by atoms with Crippen LogP contribution in [0.4, 0.5) is 21.5 Å². The van der Waals surface area contributed by atoms with Gasteiger partial charge in [0.15, 0.2) is 0 Å². The SMILES string of the molecule is [C-]#[N+]C1(c2ccc(N(CC3CCN(C4CN(c5cc6c(cc5F)CN(C5CCC(=O)NC5=O)C6=O)C4)CC3)c3cc(-c4c(C)noc4C)ccc3C)cc2)CC1. The summed E-state index contributed by atoms with van der Waals surface area (Å²) in [5.74, 6) is -0.203. The number of piperidine rings is 2. The summed E-state index contributed by atoms with van der Waals surface area (Å²) in [7, 11) is 0. The Morgan fingerprint density at radius 3 is 2.41 bits per heavy atom. The van der Waals surface area contributed by atoms with Gasteiger partial charge in [-0.1, -0.05) is 17.3 Å². The van der Waals surface area contributed by atoms with Gasteiger partial charge in [0.1, 0.15) is 17.6 Å². The van der Waals surface area contributed by atoms with E-state index in [-0.39, 0.29) is 42.6 Å². The van der Waals surface area contributed by atoms with Crippen molar-refractivity contribution in [1.82, 2.24) is 20.3 Å². The van der Waals surface area contributed by atoms with E-state index >= 15 is 4.39 Å². The molecule has 3 saturated heterocycles. The first kappa shape index (κ1) is 36.1. The van der Waals surface area contributed by atoms with Gasteiger partial charge in [0.25, 0.3) is 11.4 Å². The van der Waals surface area contributed by atoms with Crippen molar-refractivity contribution in [3.63, 3.8) is 0 Å². The second-order valence-electron chi connectivity index (χ2n) is 16.4. The smallest absolute Gasteiger partial charge is 0.258 e. The average Bonchev–Trinajstić information content (AvgIpc) is 3.82. The molecule has 12 heteroatoms. The Morgan fingerprint density at radius 1 is 1.00 bits per heavy atom. The average molecular weight is 756 g/mol. The van der Waals surface area contributed by atoms with Crippen LogP contribution < -0.4 is 15.1 Å². The van der Waals surface area contributed by atoms with Gasteiger partial charge >= 0.3 is 0 Å². The quantitative estimate of drug-likeness (QED) is 0.147. The Morgan fingerprint density at radius 2 is 1.75 bits per heavy atom. The molecule has 9 rings (SSSR count). The predicted octanol–water partition coefficient (Wildman–Crippen LogP) is 6.81. The first-order valence-electron chi connectivity index (χ1n) is 19.8. The van der Waals surface area contributed by atoms with Crippen molar-refractivity contribution >= 4 is 34.8 Å². The third-order valence-corrected chi connectivity index (χ3v) is 12.9. The highest BCUT2D eigenvalue weighted by Crippen LogP contribution is 2.50. The number of hydrogen-bond acceptors (Lipinski definition) is 8. The minimum Gasteiger partial charge on any atom is -0.366 e. The van der Waals surface area contributed by atoms with Gasteiger partial charge in [-0.2, -0.15) is 0 Å². The van der Waals surface area contributed by atoms with Crippen LogP contribution in [0.5, 0.6) is 0 Å². The van der Waals surface area contributed by atoms with E-state index in [4.69, 9.17) is 11.1 Å². The third kappa shape index (κ3) is 6.32. The number of amides is 3. The van der Waals surface area contributed by atoms with Crippen molar-refractivity contribution < 1.29 is 23.3 Å². The summed E-state index contributed by atoms with van der Waals surface area (Å²) >= 11 is 0. The number of likely N-dealkylation sites (tertiary alicyclic amines) is 1. The molecule has 1 atom stereocenters. The third-order valence-electron chi connectivity index (χ3n) is 12.9. The van der Waals surface area contributed by atoms with Crippen LogP contribution in [-0.4, -0.2) is 77.5 Å². The maximum Gasteiger partial charge on any atom is 0.258 e. The fourth-order valence-electron chi connectivity index (χ4n) is 9.29. The van der Waals surface area contributed by atoms with E-state index in [1.165, 1.54) is 16.5 Å². The monoisotopic (exact) mass is 755 g/mol. The second kappa shape index (κ2) is 13.9. The van der Waals surface area contributed by atoms with E-state index in [0.717, 1.165) is 84.8 Å². The number of rotatable bonds is 9. The Bertz CT molecular complexity index is 2260. The molecule has 5 aliphatic rings. The number of imide groups is 1. The van der Waals surface area contributed by atoms with Crippen molar-refractivity contribution in [1.29, 1.82) is 0 Å². The van der Waals surface area contributed by atoms with Gasteiger partial charge in [0.05, 0.1) is 11.4 Å². The lowest BCUT2D eigenvalue weighted by molar-refractivity contribution is -0.136. The molecular weight excluding hydrogens is 710 g/mol. The normalized spacial score (nSPS) is 21.1. The molecule has 1 aromatic heterocycles. The second-order valence-corrected chi connectivity index (χ2v) is 16.4. The van der Waals surface area contributed by atoms with Gasteiger partial charge in [-0.25, -0.2) is 11.0 Å². The van der Waals surface area contributed by atoms with E-state index in [9.17, 15) is 14.4 Å². The van der Waals surface area contributed by atoms with E-state index in [1.54, 1.807) is 6.07 Å². The number of carbonyl (C=O) groups excluding carboxylic acids is 3. The van der Waals surface area contributed by atoms with Gasteiger partial charge in [-0.15, -0.1) is 0 Å². The maximum atomic E-state index is 15.5. The molecule has 11 nitrogen and oxygen atoms in total. The molecular formula is C44H46FN7O4. The zero-order valence-electron chi connectivity index (χ0n) is 32.1. The van der Waals surface area contributed by atoms with E-state index in [2.05, 4.69) is 74.5 Å². The van der Waals surface area contributed by atoms with Crippen LogP contribution in [0, 0.1) is 39.1 Å². The molecule has 56 heavy (non-hydrogen) atoms. The van der Waals surface area contributed by atoms with Crippen LogP contribution in [0.2, 0.25) is 0 Å². The lowest BCUT2D eigenvalue weighted by Gasteiger charge is -2.49. The number of nitrogens with zero attached hydrogens (tertiary/aromatic N) is 6. The Kier molecular flexibility index (Phi) is 8.96. The summed E-state index contributed by atoms with van der Waals surface area (Å²) in [5, 5.41) is 6.54. The Labute approximate surface area is 326 Å². The highest BCUT2D eigenvalue weighted by molar-refractivity contribution is 6.05. The van der Waals surface area contributed by atoms with Crippen LogP contribution in [0.15, 0.2) is 59.1 Å². The summed E-state index contributed by atoms with van der Waals surface area (Å²) in [6.45, 7) is 18.1. The summed E-state index contributed by atoms with van der Waals surface area (Å²) < 4.78 is 21.0. The molecule has 1 N–H and O–H groups in total. The molecule has 4 aromatic rings. The lowest BCUT2D eigenvalue weighted by atomic mass is 9.92. The molecule has 1 saturated carbocycles. The maximum absolute atomic E-state index is 15.5. The summed E-state index contributed by atoms with van der Waals surface area (Å²) in [6.07, 6.45) is 4.36. The van der Waals surface area contributed by atoms with E-state index in [1.807, 2.05) is 18.7 Å². The first-order chi connectivity index (χ1) is 27.0. The molecule has 5 heterocycles. The molecule has 0 bridgehead atoms. The number of fused-ring (bicyclic) bond motifs is 1. The topological polar surface area (TPSA) is 107 Å². The minimum absolute atomic E-state index is 0.160. The summed E-state index contributed by atoms with van der Waals surface area (Å²) in [5.41, 5.74) is 8.59. The standard InChI is InChI=1S/C44H46FN7O4/c1-26-5-6-30(41-27(2)48-56-28(41)3)20-38(26)51(33-9-7-32(8-10-33)44(46-4)15-16-44)22-29-13-17-49(18-14-29)34-24-50(25-34)39-21-35-31(19-36(39)45)23-52(43(35)55)37-11-12-40(53)47-42(37)54/h5-10,19-21,29,34,37H,11-18,22-25H2,1-3H3,(H,47,53,54). The fourth-order valence-corrected chi connectivity index (χ4v) is 9.29. The Hall–Kier alpha value is -5.54. The van der Waals surface area contributed by atoms with Crippen LogP contribution in [-0.2, 0) is 21.7 Å². The zero-order chi connectivity index (χ0) is 38.9. The number of aromatic nitrogens is 1. The highest BCUT2D eigenvalue weighted by atomic mass is 19.1. The highest BCUT2D eigenvalue weighted by Gasteiger charge is 2.52. The number of carbonyl (C=O) groups is 3. The van der Waals surface area contributed by atoms with Crippen molar-refractivity contribution in [3.05, 3.63) is 106 Å². The van der Waals surface area contributed by atoms with Crippen molar-refractivity contribution in [2.24, 2.45) is 5.92 Å². The number of aryl methyl sites for hydroxylation is 3. The minimum atomic E-state index is -0.726. The van der Waals surface area contributed by atoms with Crippen molar-refractivity contribution in [3.8, 4) is 11.1 Å². The van der Waals surface area contributed by atoms with Crippen LogP contribution in [0.3, 0.4) is 0 Å². The van der Waals surface area contributed by atoms with Gasteiger partial charge < -0.3 is 24.1 Å². The predicted molar refractivity (Wildman–Crippen MR) is 210 cm³/mol. The van der Waals surface area contributed by atoms with Crippen molar-refractivity contribution in [2.75, 3.05) is 42.5 Å². The van der Waals surface area contributed by atoms with Crippen LogP contribution in [0.1, 0.15) is 77.0 Å². The molecule has 3 aromatic carbocycles. The number of benzene rings is 3. The number of anilines is 3. The first-order valence-corrected chi connectivity index (χ1v) is 19.8. The molecule has 0 radical (unpaired) electrons. The van der Waals surface area contributed by atoms with E-state index in [0.29, 0.717) is 41.9 Å². The molecule has 4 aliphatic heterocycles. The molecule has 4 fully saturated rings. The largest absolute Gasteiger partial charge is 0.366 e. The van der Waals surface area contributed by atoms with Gasteiger partial charge in [-0.3, -0.25) is 24.6 Å². The number of hydrogen-bond donors (Lipinski definition) is 1. The molecule has 1 unspecified atom stereocenters. The van der Waals surface area contributed by atoms with Gasteiger partial charge in [-0.05, 0) is 118 Å². The van der Waals surface area contributed by atoms with Gasteiger partial charge in [0, 0.05) is 79.5 Å². The summed E-state index contributed by atoms with van der Waals surface area (Å²) in [6, 6.07) is 17.9. The van der Waals surface area contributed by atoms with E-state index < -0.39 is 11.9 Å².